The lowest BCUT2D eigenvalue weighted by Crippen LogP contribution is -2.50. The Bertz CT molecular complexity index is 3370. The minimum absolute atomic E-state index is 0.0644. The molecular formula is C64H58N6. The van der Waals surface area contributed by atoms with Crippen molar-refractivity contribution in [3.8, 4) is 0 Å². The van der Waals surface area contributed by atoms with Crippen molar-refractivity contribution in [2.24, 2.45) is 5.92 Å². The minimum atomic E-state index is -0.287. The minimum Gasteiger partial charge on any atom is -0.315 e. The summed E-state index contributed by atoms with van der Waals surface area (Å²) in [5, 5.41) is 0. The number of anilines is 11. The van der Waals surface area contributed by atoms with Crippen molar-refractivity contribution in [2.45, 2.75) is 83.1 Å². The number of allylic oxidation sites excluding steroid dienone is 2. The zero-order chi connectivity index (χ0) is 47.9. The van der Waals surface area contributed by atoms with Crippen LogP contribution in [0.5, 0.6) is 0 Å². The molecule has 1 aromatic heterocycles. The van der Waals surface area contributed by atoms with E-state index in [-0.39, 0.29) is 33.6 Å². The molecule has 2 unspecified atom stereocenters. The van der Waals surface area contributed by atoms with Gasteiger partial charge in [0.2, 0.25) is 0 Å². The van der Waals surface area contributed by atoms with E-state index in [1.54, 1.807) is 0 Å². The summed E-state index contributed by atoms with van der Waals surface area (Å²) in [5.74, 6) is 3.21. The molecule has 0 fully saturated rings. The van der Waals surface area contributed by atoms with Crippen LogP contribution in [0, 0.1) is 5.92 Å². The quantitative estimate of drug-likeness (QED) is 0.175. The van der Waals surface area contributed by atoms with E-state index in [4.69, 9.17) is 9.97 Å². The van der Waals surface area contributed by atoms with Gasteiger partial charge in [0.1, 0.15) is 0 Å². The Morgan fingerprint density at radius 1 is 0.314 bits per heavy atom. The Balaban J connectivity index is 1.23. The highest BCUT2D eigenvalue weighted by atomic mass is 15.4. The van der Waals surface area contributed by atoms with E-state index in [9.17, 15) is 0 Å². The highest BCUT2D eigenvalue weighted by Crippen LogP contribution is 2.61. The van der Waals surface area contributed by atoms with Gasteiger partial charge in [-0.15, -0.1) is 0 Å². The Morgan fingerprint density at radius 3 is 0.943 bits per heavy atom. The van der Waals surface area contributed by atoms with Gasteiger partial charge < -0.3 is 4.90 Å². The van der Waals surface area contributed by atoms with E-state index < -0.39 is 0 Å². The SMILES string of the molecule is CC1(C)c2ccccc2N(c2nc(N3c4ccccc4C(C)(C)c4ccccc43)c(N3c4ccccc4C(C)(C)C4C=CC=CC43)nc2N2c3ccccc3C(C)(C)c3ccccc32)c2ccccc21. The summed E-state index contributed by atoms with van der Waals surface area (Å²) in [4.78, 5) is 22.5. The standard InChI is InChI=1S/C64H58N6/c1-61(2)41-25-9-17-33-49(41)67(50-34-18-10-26-42(50)61)57-58(68-51-35-19-11-27-43(51)62(3,4)44-28-12-20-36-52(44)68)66-60(70-55-39-23-15-31-47(55)64(7,8)48-32-16-24-40-56(48)70)59(65-57)69-53-37-21-13-29-45(53)63(5,6)46-30-14-22-38-54(46)69/h9-41,49H,1-8H3. The van der Waals surface area contributed by atoms with Gasteiger partial charge in [0, 0.05) is 33.3 Å². The number of hydrogen-bond acceptors (Lipinski definition) is 6. The molecule has 0 bridgehead atoms. The van der Waals surface area contributed by atoms with Gasteiger partial charge in [-0.25, -0.2) is 9.97 Å². The van der Waals surface area contributed by atoms with E-state index in [0.717, 1.165) is 63.1 Å². The second kappa shape index (κ2) is 14.9. The first-order valence-corrected chi connectivity index (χ1v) is 24.9. The number of nitrogens with zero attached hydrogens (tertiary/aromatic N) is 6. The molecule has 70 heavy (non-hydrogen) atoms. The number of hydrogen-bond donors (Lipinski definition) is 0. The maximum atomic E-state index is 6.37. The van der Waals surface area contributed by atoms with Gasteiger partial charge in [0.05, 0.1) is 40.2 Å². The van der Waals surface area contributed by atoms with Crippen LogP contribution in [0.1, 0.15) is 94.3 Å². The van der Waals surface area contributed by atoms with E-state index in [2.05, 4.69) is 269 Å². The Labute approximate surface area is 412 Å². The summed E-state index contributed by atoms with van der Waals surface area (Å²) < 4.78 is 0. The Kier molecular flexibility index (Phi) is 9.03. The van der Waals surface area contributed by atoms with Crippen LogP contribution in [0.15, 0.2) is 194 Å². The van der Waals surface area contributed by atoms with Crippen molar-refractivity contribution in [3.05, 3.63) is 233 Å². The van der Waals surface area contributed by atoms with Gasteiger partial charge in [0.25, 0.3) is 0 Å². The van der Waals surface area contributed by atoms with Crippen molar-refractivity contribution in [3.63, 3.8) is 0 Å². The second-order valence-electron chi connectivity index (χ2n) is 21.9. The van der Waals surface area contributed by atoms with Gasteiger partial charge in [-0.3, -0.25) is 14.7 Å². The van der Waals surface area contributed by atoms with E-state index in [0.29, 0.717) is 0 Å². The Hall–Kier alpha value is -7.70. The third-order valence-corrected chi connectivity index (χ3v) is 16.7. The van der Waals surface area contributed by atoms with Crippen LogP contribution in [0.25, 0.3) is 0 Å². The van der Waals surface area contributed by atoms with E-state index >= 15 is 0 Å². The molecule has 5 heterocycles. The highest BCUT2D eigenvalue weighted by molar-refractivity contribution is 5.98. The summed E-state index contributed by atoms with van der Waals surface area (Å²) in [6, 6.07) is 62.4. The molecule has 0 saturated carbocycles. The number of fused-ring (bicyclic) bond motifs is 8. The molecule has 0 spiro atoms. The topological polar surface area (TPSA) is 38.7 Å². The molecule has 2 atom stereocenters. The molecule has 4 aliphatic heterocycles. The monoisotopic (exact) mass is 910 g/mol. The first-order valence-electron chi connectivity index (χ1n) is 24.9. The summed E-state index contributed by atoms with van der Waals surface area (Å²) in [7, 11) is 0. The van der Waals surface area contributed by atoms with Crippen molar-refractivity contribution in [1.82, 2.24) is 9.97 Å². The first kappa shape index (κ1) is 42.4. The predicted octanol–water partition coefficient (Wildman–Crippen LogP) is 16.3. The lowest BCUT2D eigenvalue weighted by molar-refractivity contribution is 0.331. The smallest absolute Gasteiger partial charge is 0.184 e. The third kappa shape index (κ3) is 5.73. The maximum absolute atomic E-state index is 6.37. The zero-order valence-corrected chi connectivity index (χ0v) is 41.3. The van der Waals surface area contributed by atoms with Gasteiger partial charge in [-0.05, 0) is 81.4 Å². The molecule has 0 N–H and O–H groups in total. The molecule has 13 rings (SSSR count). The van der Waals surface area contributed by atoms with Crippen LogP contribution in [-0.2, 0) is 21.7 Å². The van der Waals surface area contributed by atoms with Gasteiger partial charge >= 0.3 is 0 Å². The third-order valence-electron chi connectivity index (χ3n) is 16.7. The van der Waals surface area contributed by atoms with Crippen LogP contribution in [-0.4, -0.2) is 16.0 Å². The fraction of sp³-hybridized carbons (Fsp3) is 0.219. The molecule has 1 aliphatic carbocycles. The predicted molar refractivity (Wildman–Crippen MR) is 290 cm³/mol. The summed E-state index contributed by atoms with van der Waals surface area (Å²) in [6.07, 6.45) is 9.24. The van der Waals surface area contributed by atoms with Crippen molar-refractivity contribution in [1.29, 1.82) is 0 Å². The number of rotatable bonds is 4. The van der Waals surface area contributed by atoms with Crippen LogP contribution in [0.4, 0.5) is 63.1 Å². The largest absolute Gasteiger partial charge is 0.315 e. The average Bonchev–Trinajstić information content (AvgIpc) is 3.38. The Morgan fingerprint density at radius 2 is 0.586 bits per heavy atom. The average molecular weight is 911 g/mol. The molecule has 8 aromatic rings. The maximum Gasteiger partial charge on any atom is 0.184 e. The molecule has 6 nitrogen and oxygen atoms in total. The summed E-state index contributed by atoms with van der Waals surface area (Å²) in [5.41, 5.74) is 15.4. The summed E-state index contributed by atoms with van der Waals surface area (Å²) in [6.45, 7) is 18.9. The molecule has 5 aliphatic rings. The fourth-order valence-corrected chi connectivity index (χ4v) is 13.0. The fourth-order valence-electron chi connectivity index (χ4n) is 13.0. The normalized spacial score (nSPS) is 19.9. The van der Waals surface area contributed by atoms with Crippen molar-refractivity contribution >= 4 is 63.1 Å². The zero-order valence-electron chi connectivity index (χ0n) is 41.3. The molecular weight excluding hydrogens is 853 g/mol. The van der Waals surface area contributed by atoms with Crippen molar-refractivity contribution < 1.29 is 0 Å². The van der Waals surface area contributed by atoms with Crippen LogP contribution in [0.3, 0.4) is 0 Å². The van der Waals surface area contributed by atoms with Gasteiger partial charge in [-0.2, -0.15) is 0 Å². The molecule has 0 amide bonds. The van der Waals surface area contributed by atoms with Crippen molar-refractivity contribution in [2.75, 3.05) is 19.6 Å². The highest BCUT2D eigenvalue weighted by Gasteiger charge is 2.49. The number of para-hydroxylation sites is 7. The summed E-state index contributed by atoms with van der Waals surface area (Å²) >= 11 is 0. The van der Waals surface area contributed by atoms with E-state index in [1.165, 1.54) is 38.9 Å². The van der Waals surface area contributed by atoms with Gasteiger partial charge in [0.15, 0.2) is 23.3 Å². The van der Waals surface area contributed by atoms with Crippen LogP contribution >= 0.6 is 0 Å². The van der Waals surface area contributed by atoms with Crippen LogP contribution < -0.4 is 19.6 Å². The lowest BCUT2D eigenvalue weighted by atomic mass is 9.65. The molecule has 0 saturated heterocycles. The molecule has 7 aromatic carbocycles. The van der Waals surface area contributed by atoms with E-state index in [1.807, 2.05) is 0 Å². The number of benzene rings is 7. The molecule has 6 heteroatoms. The molecule has 344 valence electrons. The van der Waals surface area contributed by atoms with Gasteiger partial charge in [-0.1, -0.05) is 207 Å². The van der Waals surface area contributed by atoms with Crippen LogP contribution in [0.2, 0.25) is 0 Å². The number of aromatic nitrogens is 2. The molecule has 0 radical (unpaired) electrons. The second-order valence-corrected chi connectivity index (χ2v) is 21.9. The first-order chi connectivity index (χ1) is 33.8. The lowest BCUT2D eigenvalue weighted by Gasteiger charge is -2.51.